The SMILES string of the molecule is CCCCCCC/C=C/C=C/C=C/CCCCCC(CC(=O)NC(CO)C(O)CCCCCCCCCCCCC)OC(=O)CCCCC/C=C\CCCCCCCCC. The third-order valence-electron chi connectivity index (χ3n) is 11.7. The zero-order chi connectivity index (χ0) is 43.8. The van der Waals surface area contributed by atoms with Gasteiger partial charge in [-0.25, -0.2) is 0 Å². The molecular formula is C54H99NO5. The zero-order valence-corrected chi connectivity index (χ0v) is 39.8. The van der Waals surface area contributed by atoms with Gasteiger partial charge in [0.15, 0.2) is 0 Å². The first-order valence-corrected chi connectivity index (χ1v) is 25.9. The Morgan fingerprint density at radius 3 is 1.33 bits per heavy atom. The molecule has 0 saturated heterocycles. The van der Waals surface area contributed by atoms with Crippen LogP contribution in [0.25, 0.3) is 0 Å². The minimum atomic E-state index is -0.798. The highest BCUT2D eigenvalue weighted by molar-refractivity contribution is 5.77. The van der Waals surface area contributed by atoms with Gasteiger partial charge >= 0.3 is 5.97 Å². The lowest BCUT2D eigenvalue weighted by atomic mass is 10.0. The molecule has 6 heteroatoms. The van der Waals surface area contributed by atoms with E-state index in [0.29, 0.717) is 19.3 Å². The van der Waals surface area contributed by atoms with Gasteiger partial charge in [-0.1, -0.05) is 217 Å². The summed E-state index contributed by atoms with van der Waals surface area (Å²) in [6.07, 6.45) is 57.4. The second kappa shape index (κ2) is 47.9. The maximum absolute atomic E-state index is 13.2. The topological polar surface area (TPSA) is 95.9 Å². The molecule has 350 valence electrons. The highest BCUT2D eigenvalue weighted by atomic mass is 16.5. The fourth-order valence-corrected chi connectivity index (χ4v) is 7.72. The number of unbranched alkanes of at least 4 members (excludes halogenated alkanes) is 28. The van der Waals surface area contributed by atoms with Crippen LogP contribution in [0.1, 0.15) is 258 Å². The maximum Gasteiger partial charge on any atom is 0.306 e. The van der Waals surface area contributed by atoms with Gasteiger partial charge in [-0.05, 0) is 77.0 Å². The minimum absolute atomic E-state index is 0.0495. The quantitative estimate of drug-likeness (QED) is 0.0246. The number of esters is 1. The van der Waals surface area contributed by atoms with E-state index in [0.717, 1.165) is 83.5 Å². The van der Waals surface area contributed by atoms with Gasteiger partial charge in [-0.15, -0.1) is 0 Å². The fourth-order valence-electron chi connectivity index (χ4n) is 7.72. The van der Waals surface area contributed by atoms with E-state index in [1.54, 1.807) is 0 Å². The van der Waals surface area contributed by atoms with Crippen molar-refractivity contribution in [2.45, 2.75) is 277 Å². The Labute approximate surface area is 372 Å². The molecule has 0 aromatic carbocycles. The van der Waals surface area contributed by atoms with Crippen molar-refractivity contribution < 1.29 is 24.5 Å². The molecule has 3 N–H and O–H groups in total. The van der Waals surface area contributed by atoms with Gasteiger partial charge in [0.05, 0.1) is 25.2 Å². The second-order valence-electron chi connectivity index (χ2n) is 17.6. The van der Waals surface area contributed by atoms with Gasteiger partial charge in [0.2, 0.25) is 5.91 Å². The van der Waals surface area contributed by atoms with Gasteiger partial charge in [0, 0.05) is 6.42 Å². The smallest absolute Gasteiger partial charge is 0.306 e. The molecule has 0 bridgehead atoms. The van der Waals surface area contributed by atoms with Crippen LogP contribution in [-0.2, 0) is 14.3 Å². The van der Waals surface area contributed by atoms with E-state index in [9.17, 15) is 19.8 Å². The lowest BCUT2D eigenvalue weighted by molar-refractivity contribution is -0.151. The maximum atomic E-state index is 13.2. The largest absolute Gasteiger partial charge is 0.462 e. The lowest BCUT2D eigenvalue weighted by Crippen LogP contribution is -2.46. The third kappa shape index (κ3) is 42.5. The zero-order valence-electron chi connectivity index (χ0n) is 39.8. The van der Waals surface area contributed by atoms with Crippen LogP contribution in [0.15, 0.2) is 48.6 Å². The van der Waals surface area contributed by atoms with Crippen LogP contribution in [0.5, 0.6) is 0 Å². The third-order valence-corrected chi connectivity index (χ3v) is 11.7. The summed E-state index contributed by atoms with van der Waals surface area (Å²) in [5.41, 5.74) is 0. The highest BCUT2D eigenvalue weighted by Gasteiger charge is 2.24. The molecule has 0 aromatic rings. The van der Waals surface area contributed by atoms with E-state index < -0.39 is 18.2 Å². The number of hydrogen-bond acceptors (Lipinski definition) is 5. The molecule has 0 aliphatic carbocycles. The predicted molar refractivity (Wildman–Crippen MR) is 259 cm³/mol. The first kappa shape index (κ1) is 57.8. The second-order valence-corrected chi connectivity index (χ2v) is 17.6. The van der Waals surface area contributed by atoms with Crippen molar-refractivity contribution in [2.75, 3.05) is 6.61 Å². The summed E-state index contributed by atoms with van der Waals surface area (Å²) < 4.78 is 5.91. The molecule has 60 heavy (non-hydrogen) atoms. The predicted octanol–water partition coefficient (Wildman–Crippen LogP) is 15.5. The van der Waals surface area contributed by atoms with Crippen molar-refractivity contribution in [2.24, 2.45) is 0 Å². The lowest BCUT2D eigenvalue weighted by Gasteiger charge is -2.24. The van der Waals surface area contributed by atoms with Gasteiger partial charge in [-0.3, -0.25) is 9.59 Å². The van der Waals surface area contributed by atoms with Crippen molar-refractivity contribution in [3.05, 3.63) is 48.6 Å². The van der Waals surface area contributed by atoms with Crippen molar-refractivity contribution >= 4 is 11.9 Å². The number of amides is 1. The van der Waals surface area contributed by atoms with E-state index in [2.05, 4.69) is 74.7 Å². The molecule has 0 heterocycles. The number of allylic oxidation sites excluding steroid dienone is 8. The van der Waals surface area contributed by atoms with Gasteiger partial charge in [0.1, 0.15) is 6.10 Å². The molecule has 3 atom stereocenters. The van der Waals surface area contributed by atoms with Gasteiger partial charge in [-0.2, -0.15) is 0 Å². The van der Waals surface area contributed by atoms with Crippen LogP contribution in [0.3, 0.4) is 0 Å². The number of carbonyl (C=O) groups is 2. The number of nitrogens with one attached hydrogen (secondary N) is 1. The number of aliphatic hydroxyl groups excluding tert-OH is 2. The Balaban J connectivity index is 4.69. The number of ether oxygens (including phenoxy) is 1. The van der Waals surface area contributed by atoms with Crippen LogP contribution in [0.2, 0.25) is 0 Å². The number of carbonyl (C=O) groups excluding carboxylic acids is 2. The summed E-state index contributed by atoms with van der Waals surface area (Å²) in [6.45, 7) is 6.45. The van der Waals surface area contributed by atoms with Crippen molar-refractivity contribution in [3.8, 4) is 0 Å². The monoisotopic (exact) mass is 842 g/mol. The molecule has 0 rings (SSSR count). The van der Waals surface area contributed by atoms with E-state index in [-0.39, 0.29) is 24.9 Å². The molecule has 0 fully saturated rings. The summed E-state index contributed by atoms with van der Waals surface area (Å²) in [5.74, 6) is -0.522. The number of aliphatic hydroxyl groups is 2. The van der Waals surface area contributed by atoms with Gasteiger partial charge in [0.25, 0.3) is 0 Å². The van der Waals surface area contributed by atoms with Crippen LogP contribution in [0.4, 0.5) is 0 Å². The Kier molecular flexibility index (Phi) is 46.1. The van der Waals surface area contributed by atoms with Crippen LogP contribution < -0.4 is 5.32 Å². The molecule has 0 aliphatic heterocycles. The number of hydrogen-bond donors (Lipinski definition) is 3. The molecule has 0 aromatic heterocycles. The molecular weight excluding hydrogens is 743 g/mol. The summed E-state index contributed by atoms with van der Waals surface area (Å²) in [7, 11) is 0. The molecule has 0 saturated carbocycles. The summed E-state index contributed by atoms with van der Waals surface area (Å²) in [6, 6.07) is -0.714. The van der Waals surface area contributed by atoms with Crippen molar-refractivity contribution in [3.63, 3.8) is 0 Å². The highest BCUT2D eigenvalue weighted by Crippen LogP contribution is 2.17. The van der Waals surface area contributed by atoms with Crippen LogP contribution in [0, 0.1) is 0 Å². The van der Waals surface area contributed by atoms with Crippen LogP contribution in [-0.4, -0.2) is 46.9 Å². The van der Waals surface area contributed by atoms with Crippen LogP contribution >= 0.6 is 0 Å². The van der Waals surface area contributed by atoms with E-state index >= 15 is 0 Å². The van der Waals surface area contributed by atoms with Crippen molar-refractivity contribution in [1.82, 2.24) is 5.32 Å². The van der Waals surface area contributed by atoms with Crippen molar-refractivity contribution in [1.29, 1.82) is 0 Å². The van der Waals surface area contributed by atoms with E-state index in [4.69, 9.17) is 4.74 Å². The number of rotatable bonds is 46. The Hall–Kier alpha value is -2.18. The first-order valence-electron chi connectivity index (χ1n) is 25.9. The Bertz CT molecular complexity index is 1040. The molecule has 0 radical (unpaired) electrons. The van der Waals surface area contributed by atoms with Gasteiger partial charge < -0.3 is 20.3 Å². The summed E-state index contributed by atoms with van der Waals surface area (Å²) in [4.78, 5) is 26.1. The molecule has 3 unspecified atom stereocenters. The molecule has 1 amide bonds. The standard InChI is InChI=1S/C54H99NO5/c1-4-7-10-13-16-19-22-24-26-27-28-31-33-36-39-42-45-50(60-54(59)47-44-41-38-35-32-29-25-23-20-17-14-11-8-5-2)48-53(58)55-51(49-56)52(57)46-43-40-37-34-30-21-18-15-12-9-6-3/h22,24,26-29,31-32,50-52,56-57H,4-21,23,25,30,33-49H2,1-3H3,(H,55,58)/b24-22+,27-26+,31-28+,32-29-. The van der Waals surface area contributed by atoms with E-state index in [1.165, 1.54) is 128 Å². The first-order chi connectivity index (χ1) is 29.5. The Morgan fingerprint density at radius 2 is 0.867 bits per heavy atom. The average Bonchev–Trinajstić information content (AvgIpc) is 3.24. The summed E-state index contributed by atoms with van der Waals surface area (Å²) in [5, 5.41) is 23.7. The minimum Gasteiger partial charge on any atom is -0.462 e. The summed E-state index contributed by atoms with van der Waals surface area (Å²) >= 11 is 0. The molecule has 6 nitrogen and oxygen atoms in total. The Morgan fingerprint density at radius 1 is 0.483 bits per heavy atom. The normalized spacial score (nSPS) is 13.6. The van der Waals surface area contributed by atoms with E-state index in [1.807, 2.05) is 0 Å². The average molecular weight is 842 g/mol. The molecule has 0 spiro atoms. The molecule has 0 aliphatic rings. The fraction of sp³-hybridized carbons (Fsp3) is 0.815.